The van der Waals surface area contributed by atoms with E-state index in [1.54, 1.807) is 23.0 Å². The predicted molar refractivity (Wildman–Crippen MR) is 122 cm³/mol. The highest BCUT2D eigenvalue weighted by molar-refractivity contribution is 5.97. The van der Waals surface area contributed by atoms with Crippen molar-refractivity contribution in [3.05, 3.63) is 65.7 Å². The molecule has 0 radical (unpaired) electrons. The van der Waals surface area contributed by atoms with Gasteiger partial charge in [-0.3, -0.25) is 14.4 Å². The number of hydrogen-bond acceptors (Lipinski definition) is 4. The van der Waals surface area contributed by atoms with Gasteiger partial charge in [-0.2, -0.15) is 0 Å². The SMILES string of the molecule is COc1ccc(CN2CCC(NC(=O)C=Cc3ccc(N4CCCC4=O)cc3)C2=O)cc1. The van der Waals surface area contributed by atoms with Gasteiger partial charge in [-0.05, 0) is 54.3 Å². The van der Waals surface area contributed by atoms with Gasteiger partial charge in [0, 0.05) is 37.8 Å². The van der Waals surface area contributed by atoms with Gasteiger partial charge in [0.05, 0.1) is 7.11 Å². The fourth-order valence-electron chi connectivity index (χ4n) is 4.06. The highest BCUT2D eigenvalue weighted by Gasteiger charge is 2.32. The van der Waals surface area contributed by atoms with Crippen molar-refractivity contribution >= 4 is 29.5 Å². The first-order chi connectivity index (χ1) is 15.5. The maximum atomic E-state index is 12.7. The Balaban J connectivity index is 1.28. The molecule has 2 heterocycles. The summed E-state index contributed by atoms with van der Waals surface area (Å²) in [6.45, 7) is 1.87. The van der Waals surface area contributed by atoms with Crippen LogP contribution < -0.4 is 15.0 Å². The average molecular weight is 434 g/mol. The summed E-state index contributed by atoms with van der Waals surface area (Å²) in [4.78, 5) is 40.4. The fourth-order valence-corrected chi connectivity index (χ4v) is 4.06. The van der Waals surface area contributed by atoms with Crippen LogP contribution in [-0.4, -0.2) is 48.9 Å². The van der Waals surface area contributed by atoms with Gasteiger partial charge in [0.15, 0.2) is 0 Å². The Morgan fingerprint density at radius 2 is 1.84 bits per heavy atom. The number of ether oxygens (including phenoxy) is 1. The normalized spacial score (nSPS) is 18.6. The van der Waals surface area contributed by atoms with E-state index in [9.17, 15) is 14.4 Å². The number of nitrogens with zero attached hydrogens (tertiary/aromatic N) is 2. The van der Waals surface area contributed by atoms with Crippen molar-refractivity contribution < 1.29 is 19.1 Å². The van der Waals surface area contributed by atoms with Crippen molar-refractivity contribution in [1.82, 2.24) is 10.2 Å². The molecule has 2 aliphatic heterocycles. The first kappa shape index (κ1) is 21.6. The molecule has 7 heteroatoms. The van der Waals surface area contributed by atoms with E-state index in [2.05, 4.69) is 5.32 Å². The van der Waals surface area contributed by atoms with Gasteiger partial charge in [0.2, 0.25) is 17.7 Å². The molecule has 2 fully saturated rings. The molecule has 0 aliphatic carbocycles. The van der Waals surface area contributed by atoms with Crippen molar-refractivity contribution in [2.24, 2.45) is 0 Å². The summed E-state index contributed by atoms with van der Waals surface area (Å²) in [6.07, 6.45) is 5.22. The third kappa shape index (κ3) is 4.99. The lowest BCUT2D eigenvalue weighted by molar-refractivity contribution is -0.132. The van der Waals surface area contributed by atoms with Crippen LogP contribution in [0.25, 0.3) is 6.08 Å². The minimum atomic E-state index is -0.506. The van der Waals surface area contributed by atoms with Crippen molar-refractivity contribution in [2.45, 2.75) is 31.8 Å². The summed E-state index contributed by atoms with van der Waals surface area (Å²) in [5.74, 6) is 0.559. The van der Waals surface area contributed by atoms with Gasteiger partial charge in [0.1, 0.15) is 11.8 Å². The number of hydrogen-bond donors (Lipinski definition) is 1. The molecular formula is C25H27N3O4. The highest BCUT2D eigenvalue weighted by Crippen LogP contribution is 2.22. The molecule has 166 valence electrons. The van der Waals surface area contributed by atoms with Crippen LogP contribution in [0.15, 0.2) is 54.6 Å². The minimum absolute atomic E-state index is 0.0674. The molecule has 4 rings (SSSR count). The van der Waals surface area contributed by atoms with E-state index < -0.39 is 6.04 Å². The molecule has 1 unspecified atom stereocenters. The summed E-state index contributed by atoms with van der Waals surface area (Å²) in [7, 11) is 1.62. The second-order valence-electron chi connectivity index (χ2n) is 8.03. The zero-order valence-electron chi connectivity index (χ0n) is 18.1. The van der Waals surface area contributed by atoms with Gasteiger partial charge in [-0.15, -0.1) is 0 Å². The fraction of sp³-hybridized carbons (Fsp3) is 0.320. The number of benzene rings is 2. The number of carbonyl (C=O) groups excluding carboxylic acids is 3. The molecule has 2 saturated heterocycles. The van der Waals surface area contributed by atoms with Crippen LogP contribution >= 0.6 is 0 Å². The third-order valence-electron chi connectivity index (χ3n) is 5.85. The Labute approximate surface area is 187 Å². The van der Waals surface area contributed by atoms with E-state index in [-0.39, 0.29) is 17.7 Å². The monoisotopic (exact) mass is 433 g/mol. The Morgan fingerprint density at radius 1 is 1.09 bits per heavy atom. The number of nitrogens with one attached hydrogen (secondary N) is 1. The van der Waals surface area contributed by atoms with E-state index in [0.29, 0.717) is 25.9 Å². The van der Waals surface area contributed by atoms with Crippen molar-refractivity contribution in [3.63, 3.8) is 0 Å². The van der Waals surface area contributed by atoms with Gasteiger partial charge < -0.3 is 19.9 Å². The zero-order chi connectivity index (χ0) is 22.5. The lowest BCUT2D eigenvalue weighted by Gasteiger charge is -2.17. The third-order valence-corrected chi connectivity index (χ3v) is 5.85. The van der Waals surface area contributed by atoms with E-state index >= 15 is 0 Å². The summed E-state index contributed by atoms with van der Waals surface area (Å²) < 4.78 is 5.16. The number of anilines is 1. The summed E-state index contributed by atoms with van der Waals surface area (Å²) in [5, 5.41) is 2.80. The molecule has 2 aromatic rings. The first-order valence-electron chi connectivity index (χ1n) is 10.8. The van der Waals surface area contributed by atoms with Gasteiger partial charge in [-0.1, -0.05) is 24.3 Å². The number of amides is 3. The molecule has 0 bridgehead atoms. The first-order valence-corrected chi connectivity index (χ1v) is 10.8. The lowest BCUT2D eigenvalue weighted by Crippen LogP contribution is -2.40. The second-order valence-corrected chi connectivity index (χ2v) is 8.03. The Hall–Kier alpha value is -3.61. The predicted octanol–water partition coefficient (Wildman–Crippen LogP) is 2.75. The maximum Gasteiger partial charge on any atom is 0.245 e. The largest absolute Gasteiger partial charge is 0.497 e. The molecule has 1 atom stereocenters. The number of methoxy groups -OCH3 is 1. The molecule has 2 aromatic carbocycles. The summed E-state index contributed by atoms with van der Waals surface area (Å²) in [5.41, 5.74) is 2.75. The van der Waals surface area contributed by atoms with Crippen molar-refractivity contribution in [3.8, 4) is 5.75 Å². The highest BCUT2D eigenvalue weighted by atomic mass is 16.5. The molecule has 7 nitrogen and oxygen atoms in total. The Bertz CT molecular complexity index is 1010. The molecular weight excluding hydrogens is 406 g/mol. The topological polar surface area (TPSA) is 79.0 Å². The van der Waals surface area contributed by atoms with Crippen molar-refractivity contribution in [1.29, 1.82) is 0 Å². The van der Waals surface area contributed by atoms with Gasteiger partial charge in [-0.25, -0.2) is 0 Å². The standard InChI is InChI=1S/C25H27N3O4/c1-32-21-11-6-19(7-12-21)17-27-16-14-22(25(27)31)26-23(29)13-8-18-4-9-20(10-5-18)28-15-2-3-24(28)30/h4-13,22H,2-3,14-17H2,1H3,(H,26,29). The van der Waals surface area contributed by atoms with E-state index in [1.807, 2.05) is 48.5 Å². The van der Waals surface area contributed by atoms with Crippen molar-refractivity contribution in [2.75, 3.05) is 25.1 Å². The van der Waals surface area contributed by atoms with E-state index in [1.165, 1.54) is 6.08 Å². The average Bonchev–Trinajstić information content (AvgIpc) is 3.39. The maximum absolute atomic E-state index is 12.7. The quantitative estimate of drug-likeness (QED) is 0.681. The summed E-state index contributed by atoms with van der Waals surface area (Å²) >= 11 is 0. The molecule has 32 heavy (non-hydrogen) atoms. The van der Waals surface area contributed by atoms with Crippen LogP contribution in [0.3, 0.4) is 0 Å². The Morgan fingerprint density at radius 3 is 2.50 bits per heavy atom. The minimum Gasteiger partial charge on any atom is -0.497 e. The molecule has 0 spiro atoms. The molecule has 0 aromatic heterocycles. The van der Waals surface area contributed by atoms with Crippen LogP contribution in [0.2, 0.25) is 0 Å². The van der Waals surface area contributed by atoms with E-state index in [4.69, 9.17) is 4.74 Å². The van der Waals surface area contributed by atoms with Crippen LogP contribution in [0.4, 0.5) is 5.69 Å². The van der Waals surface area contributed by atoms with Gasteiger partial charge in [0.25, 0.3) is 0 Å². The lowest BCUT2D eigenvalue weighted by atomic mass is 10.1. The van der Waals surface area contributed by atoms with Crippen LogP contribution in [0.5, 0.6) is 5.75 Å². The summed E-state index contributed by atoms with van der Waals surface area (Å²) in [6, 6.07) is 14.6. The van der Waals surface area contributed by atoms with Crippen LogP contribution in [0, 0.1) is 0 Å². The molecule has 0 saturated carbocycles. The zero-order valence-corrected chi connectivity index (χ0v) is 18.1. The molecule has 1 N–H and O–H groups in total. The molecule has 2 aliphatic rings. The van der Waals surface area contributed by atoms with E-state index in [0.717, 1.165) is 35.5 Å². The van der Waals surface area contributed by atoms with Gasteiger partial charge >= 0.3 is 0 Å². The molecule has 3 amide bonds. The van der Waals surface area contributed by atoms with Crippen LogP contribution in [-0.2, 0) is 20.9 Å². The van der Waals surface area contributed by atoms with Crippen LogP contribution in [0.1, 0.15) is 30.4 Å². The number of rotatable bonds is 7. The number of carbonyl (C=O) groups is 3. The number of likely N-dealkylation sites (tertiary alicyclic amines) is 1. The second kappa shape index (κ2) is 9.68. The smallest absolute Gasteiger partial charge is 0.245 e. The Kier molecular flexibility index (Phi) is 6.54.